The van der Waals surface area contributed by atoms with E-state index in [9.17, 15) is 0 Å². The van der Waals surface area contributed by atoms with Crippen molar-refractivity contribution in [2.45, 2.75) is 0 Å². The summed E-state index contributed by atoms with van der Waals surface area (Å²) in [5.74, 6) is 0. The molecule has 0 heterocycles. The molecule has 0 aromatic carbocycles. The van der Waals surface area contributed by atoms with Gasteiger partial charge in [-0.3, -0.25) is 0 Å². The van der Waals surface area contributed by atoms with Gasteiger partial charge in [0.2, 0.25) is 0 Å². The molecule has 0 aliphatic heterocycles. The van der Waals surface area contributed by atoms with Gasteiger partial charge in [0.1, 0.15) is 0 Å². The van der Waals surface area contributed by atoms with Crippen molar-refractivity contribution < 1.29 is 36.6 Å². The Morgan fingerprint density at radius 2 is 1.25 bits per heavy atom. The number of hydrogen-bond acceptors (Lipinski definition) is 3. The average Bonchev–Trinajstić information content (AvgIpc) is 0.918. The average molecular weight is 146 g/mol. The van der Waals surface area contributed by atoms with Gasteiger partial charge in [0.05, 0.1) is 0 Å². The van der Waals surface area contributed by atoms with E-state index >= 15 is 0 Å². The topological polar surface area (TPSA) is 49.7 Å². The molecule has 2 N–H and O–H groups in total. The Bertz CT molecular complexity index is 3.25. The van der Waals surface area contributed by atoms with Crippen LogP contribution in [0.1, 0.15) is 0 Å². The van der Waals surface area contributed by atoms with E-state index in [1.54, 1.807) is 0 Å². The van der Waals surface area contributed by atoms with E-state index in [0.29, 0.717) is 0 Å². The second-order valence-corrected chi connectivity index (χ2v) is 0.0816. The molecule has 0 aliphatic rings. The Morgan fingerprint density at radius 3 is 1.25 bits per heavy atom. The Morgan fingerprint density at radius 1 is 1.25 bits per heavy atom. The van der Waals surface area contributed by atoms with Gasteiger partial charge in [0.15, 0.2) is 0 Å². The van der Waals surface area contributed by atoms with Crippen LogP contribution >= 0.6 is 0 Å². The molecular formula is H2MoO3. The minimum absolute atomic E-state index is 0. The largest absolute Gasteiger partial charge is 0.221 e. The molecule has 4 heavy (non-hydrogen) atoms. The van der Waals surface area contributed by atoms with Crippen LogP contribution in [0.2, 0.25) is 0 Å². The summed E-state index contributed by atoms with van der Waals surface area (Å²) in [6.07, 6.45) is 0. The van der Waals surface area contributed by atoms with Gasteiger partial charge in [-0.2, -0.15) is 0 Å². The van der Waals surface area contributed by atoms with Gasteiger partial charge in [0.25, 0.3) is 0 Å². The third-order valence-electron chi connectivity index (χ3n) is 0. The van der Waals surface area contributed by atoms with Gasteiger partial charge < -0.3 is 0 Å². The molecular weight excluding hydrogens is 144 g/mol. The Kier molecular flexibility index (Phi) is 21.1. The summed E-state index contributed by atoms with van der Waals surface area (Å²) >= 11 is 0. The van der Waals surface area contributed by atoms with Crippen LogP contribution in [-0.4, -0.2) is 10.5 Å². The molecule has 0 unspecified atom stereocenters. The molecule has 0 saturated heterocycles. The van der Waals surface area contributed by atoms with Gasteiger partial charge in [0, 0.05) is 21.1 Å². The zero-order valence-corrected chi connectivity index (χ0v) is 3.72. The van der Waals surface area contributed by atoms with E-state index in [0.717, 1.165) is 0 Å². The molecule has 0 bridgehead atoms. The van der Waals surface area contributed by atoms with E-state index in [1.807, 2.05) is 0 Å². The Labute approximate surface area is 37.3 Å². The first kappa shape index (κ1) is 8.82. The van der Waals surface area contributed by atoms with Gasteiger partial charge in [-0.05, 0) is 0 Å². The molecule has 0 aromatic heterocycles. The molecule has 0 rings (SSSR count). The van der Waals surface area contributed by atoms with Gasteiger partial charge >= 0.3 is 0 Å². The third kappa shape index (κ3) is 19.6. The fourth-order valence-electron chi connectivity index (χ4n) is 0. The maximum Gasteiger partial charge on any atom is 0 e. The Hall–Kier alpha value is 0.568. The minimum atomic E-state index is 0. The summed E-state index contributed by atoms with van der Waals surface area (Å²) in [4.78, 5) is 0. The smallest absolute Gasteiger partial charge is 0 e. The van der Waals surface area contributed by atoms with Crippen LogP contribution < -0.4 is 0 Å². The summed E-state index contributed by atoms with van der Waals surface area (Å²) in [6.45, 7) is 0. The molecule has 0 fully saturated rings. The van der Waals surface area contributed by atoms with E-state index in [-0.39, 0.29) is 21.1 Å². The predicted molar refractivity (Wildman–Crippen MR) is 6.34 cm³/mol. The second kappa shape index (κ2) is 9.57. The molecule has 3 nitrogen and oxygen atoms in total. The van der Waals surface area contributed by atoms with Crippen LogP contribution in [0.15, 0.2) is 0 Å². The van der Waals surface area contributed by atoms with E-state index in [4.69, 9.17) is 10.5 Å². The van der Waals surface area contributed by atoms with Crippen molar-refractivity contribution in [2.24, 2.45) is 0 Å². The quantitative estimate of drug-likeness (QED) is 0.286. The minimum Gasteiger partial charge on any atom is -0.221 e. The van der Waals surface area contributed by atoms with Crippen molar-refractivity contribution in [1.82, 2.24) is 0 Å². The van der Waals surface area contributed by atoms with Gasteiger partial charge in [-0.25, -0.2) is 10.5 Å². The second-order valence-electron chi connectivity index (χ2n) is 0.0816. The van der Waals surface area contributed by atoms with Crippen molar-refractivity contribution in [2.75, 3.05) is 0 Å². The fourth-order valence-corrected chi connectivity index (χ4v) is 0. The molecule has 0 amide bonds. The van der Waals surface area contributed by atoms with Crippen LogP contribution in [0.5, 0.6) is 0 Å². The summed E-state index contributed by atoms with van der Waals surface area (Å²) in [7, 11) is 0. The molecule has 26 valence electrons. The monoisotopic (exact) mass is 148 g/mol. The molecule has 0 radical (unpaired) electrons. The summed E-state index contributed by atoms with van der Waals surface area (Å²) in [6, 6.07) is 0. The fraction of sp³-hybridized carbons (Fsp3) is 0. The predicted octanol–water partition coefficient (Wildman–Crippen LogP) is -0.0535. The molecule has 4 heteroatoms. The molecule has 0 aliphatic carbocycles. The zero-order chi connectivity index (χ0) is 2.71. The van der Waals surface area contributed by atoms with Gasteiger partial charge in [-0.1, -0.05) is 5.04 Å². The summed E-state index contributed by atoms with van der Waals surface area (Å²) < 4.78 is 0. The third-order valence-corrected chi connectivity index (χ3v) is 0. The van der Waals surface area contributed by atoms with Crippen molar-refractivity contribution in [3.8, 4) is 0 Å². The van der Waals surface area contributed by atoms with Crippen molar-refractivity contribution in [1.29, 1.82) is 0 Å². The van der Waals surface area contributed by atoms with Crippen LogP contribution in [0.25, 0.3) is 0 Å². The van der Waals surface area contributed by atoms with E-state index < -0.39 is 0 Å². The molecule has 0 atom stereocenters. The SMILES string of the molecule is OOO.[Mo]. The van der Waals surface area contributed by atoms with Crippen LogP contribution in [0.3, 0.4) is 0 Å². The maximum absolute atomic E-state index is 6.62. The maximum atomic E-state index is 6.62. The first-order valence-corrected chi connectivity index (χ1v) is 0.365. The Balaban J connectivity index is 0. The number of rotatable bonds is 0. The summed E-state index contributed by atoms with van der Waals surface area (Å²) in [5.41, 5.74) is 0. The van der Waals surface area contributed by atoms with Gasteiger partial charge in [-0.15, -0.1) is 0 Å². The zero-order valence-electron chi connectivity index (χ0n) is 1.71. The van der Waals surface area contributed by atoms with Crippen LogP contribution in [-0.2, 0) is 26.1 Å². The number of hydrogen-bond donors (Lipinski definition) is 2. The van der Waals surface area contributed by atoms with E-state index in [2.05, 4.69) is 5.04 Å². The first-order chi connectivity index (χ1) is 1.41. The van der Waals surface area contributed by atoms with Crippen LogP contribution in [0, 0.1) is 0 Å². The van der Waals surface area contributed by atoms with E-state index in [1.165, 1.54) is 0 Å². The van der Waals surface area contributed by atoms with Crippen LogP contribution in [0.4, 0.5) is 0 Å². The molecule has 0 aromatic rings. The van der Waals surface area contributed by atoms with Crippen molar-refractivity contribution in [3.63, 3.8) is 0 Å². The standard InChI is InChI=1S/Mo.H2O3/c;1-3-2/h;1-2H. The normalized spacial score (nSPS) is 4.50. The summed E-state index contributed by atoms with van der Waals surface area (Å²) in [5, 5.41) is 15.5. The van der Waals surface area contributed by atoms with Crippen molar-refractivity contribution >= 4 is 0 Å². The molecule has 0 saturated carbocycles. The molecule has 0 spiro atoms. The van der Waals surface area contributed by atoms with Crippen molar-refractivity contribution in [3.05, 3.63) is 0 Å². The first-order valence-electron chi connectivity index (χ1n) is 0.365.